The zero-order valence-electron chi connectivity index (χ0n) is 20.0. The summed E-state index contributed by atoms with van der Waals surface area (Å²) in [5.74, 6) is 0.739. The monoisotopic (exact) mass is 573 g/mol. The van der Waals surface area contributed by atoms with Crippen molar-refractivity contribution in [3.63, 3.8) is 0 Å². The number of hydrogen-bond acceptors (Lipinski definition) is 6. The second-order valence-electron chi connectivity index (χ2n) is 7.90. The summed E-state index contributed by atoms with van der Waals surface area (Å²) < 4.78 is 13.0. The molecule has 9 heteroatoms. The van der Waals surface area contributed by atoms with E-state index in [-0.39, 0.29) is 32.7 Å². The molecule has 3 aromatic heterocycles. The van der Waals surface area contributed by atoms with Crippen LogP contribution in [0.2, 0.25) is 0 Å². The fourth-order valence-electron chi connectivity index (χ4n) is 4.07. The average Bonchev–Trinajstić information content (AvgIpc) is 3.29. The SMILES string of the molecule is COc1ccccc1-c1nn(COPC)c2ncc(-c3cccc(C(O)c4ccccn4)c3)cc12.[Y]. The summed E-state index contributed by atoms with van der Waals surface area (Å²) in [7, 11) is 2.00. The van der Waals surface area contributed by atoms with E-state index in [9.17, 15) is 5.11 Å². The normalized spacial score (nSPS) is 12.1. The predicted octanol–water partition coefficient (Wildman–Crippen LogP) is 5.45. The van der Waals surface area contributed by atoms with E-state index in [0.29, 0.717) is 21.2 Å². The Morgan fingerprint density at radius 2 is 1.81 bits per heavy atom. The van der Waals surface area contributed by atoms with Crippen LogP contribution in [0, 0.1) is 0 Å². The van der Waals surface area contributed by atoms with Crippen LogP contribution in [0.4, 0.5) is 0 Å². The average molecular weight is 573 g/mol. The molecule has 5 rings (SSSR count). The van der Waals surface area contributed by atoms with Crippen LogP contribution in [0.5, 0.6) is 5.75 Å². The molecule has 3 heterocycles. The fraction of sp³-hybridized carbons (Fsp3) is 0.148. The van der Waals surface area contributed by atoms with Gasteiger partial charge < -0.3 is 14.4 Å². The number of fused-ring (bicyclic) bond motifs is 1. The summed E-state index contributed by atoms with van der Waals surface area (Å²) in [4.78, 5) is 9.04. The first-order valence-electron chi connectivity index (χ1n) is 11.2. The zero-order valence-corrected chi connectivity index (χ0v) is 23.8. The third kappa shape index (κ3) is 5.41. The van der Waals surface area contributed by atoms with Crippen LogP contribution in [0.15, 0.2) is 85.2 Å². The molecule has 0 aliphatic heterocycles. The van der Waals surface area contributed by atoms with Gasteiger partial charge in [-0.05, 0) is 54.2 Å². The topological polar surface area (TPSA) is 82.3 Å². The van der Waals surface area contributed by atoms with Gasteiger partial charge >= 0.3 is 0 Å². The van der Waals surface area contributed by atoms with E-state index < -0.39 is 6.10 Å². The van der Waals surface area contributed by atoms with E-state index in [0.717, 1.165) is 44.7 Å². The van der Waals surface area contributed by atoms with E-state index in [1.165, 1.54) is 0 Å². The molecule has 1 N–H and O–H groups in total. The van der Waals surface area contributed by atoms with E-state index in [1.807, 2.05) is 79.6 Å². The van der Waals surface area contributed by atoms with Gasteiger partial charge in [-0.3, -0.25) is 4.98 Å². The number of benzene rings is 2. The zero-order chi connectivity index (χ0) is 24.2. The van der Waals surface area contributed by atoms with Crippen LogP contribution in [0.1, 0.15) is 17.4 Å². The van der Waals surface area contributed by atoms with Crippen molar-refractivity contribution in [1.82, 2.24) is 19.7 Å². The van der Waals surface area contributed by atoms with Crippen molar-refractivity contribution in [2.75, 3.05) is 13.8 Å². The van der Waals surface area contributed by atoms with Crippen LogP contribution in [-0.4, -0.2) is 38.6 Å². The largest absolute Gasteiger partial charge is 0.496 e. The molecule has 0 saturated heterocycles. The number of aliphatic hydroxyl groups excluding tert-OH is 1. The molecule has 0 bridgehead atoms. The van der Waals surface area contributed by atoms with Gasteiger partial charge in [0.15, 0.2) is 5.65 Å². The van der Waals surface area contributed by atoms with Crippen LogP contribution in [-0.2, 0) is 44.0 Å². The smallest absolute Gasteiger partial charge is 0.160 e. The predicted molar refractivity (Wildman–Crippen MR) is 139 cm³/mol. The standard InChI is InChI=1S/C27H25N4O3P.Y/c1-33-24-12-4-3-10-21(24)25-22-15-20(16-29-27(22)31(30-25)17-34-35-2)18-8-7-9-19(14-18)26(32)23-11-5-6-13-28-23;/h3-16,26,32,35H,17H2,1-2H3;. The molecule has 179 valence electrons. The third-order valence-electron chi connectivity index (χ3n) is 5.78. The Bertz CT molecular complexity index is 1460. The maximum atomic E-state index is 10.9. The van der Waals surface area contributed by atoms with Crippen molar-refractivity contribution in [2.24, 2.45) is 0 Å². The Kier molecular flexibility index (Phi) is 8.94. The van der Waals surface area contributed by atoms with Crippen molar-refractivity contribution >= 4 is 19.8 Å². The van der Waals surface area contributed by atoms with Gasteiger partial charge in [0.25, 0.3) is 0 Å². The molecule has 2 aromatic carbocycles. The summed E-state index contributed by atoms with van der Waals surface area (Å²) in [5.41, 5.74) is 5.63. The minimum atomic E-state index is -0.813. The first-order chi connectivity index (χ1) is 17.2. The van der Waals surface area contributed by atoms with Crippen LogP contribution < -0.4 is 4.74 Å². The maximum Gasteiger partial charge on any atom is 0.160 e. The number of pyridine rings is 2. The summed E-state index contributed by atoms with van der Waals surface area (Å²) in [6, 6.07) is 23.2. The van der Waals surface area contributed by atoms with E-state index in [4.69, 9.17) is 19.3 Å². The fourth-order valence-corrected chi connectivity index (χ4v) is 4.32. The molecule has 0 spiro atoms. The molecule has 0 aliphatic carbocycles. The minimum absolute atomic E-state index is 0. The van der Waals surface area contributed by atoms with Crippen molar-refractivity contribution in [3.8, 4) is 28.1 Å². The van der Waals surface area contributed by atoms with Gasteiger partial charge in [-0.15, -0.1) is 0 Å². The molecule has 0 fully saturated rings. The van der Waals surface area contributed by atoms with Crippen molar-refractivity contribution in [3.05, 3.63) is 96.4 Å². The van der Waals surface area contributed by atoms with Crippen LogP contribution in [0.25, 0.3) is 33.4 Å². The molecular weight excluding hydrogens is 548 g/mol. The Labute approximate surface area is 236 Å². The molecule has 1 radical (unpaired) electrons. The van der Waals surface area contributed by atoms with Crippen molar-refractivity contribution in [2.45, 2.75) is 12.8 Å². The number of aliphatic hydroxyl groups is 1. The van der Waals surface area contributed by atoms with Gasteiger partial charge in [-0.2, -0.15) is 5.10 Å². The Balaban J connectivity index is 0.00000304. The van der Waals surface area contributed by atoms with Gasteiger partial charge in [-0.1, -0.05) is 36.4 Å². The van der Waals surface area contributed by atoms with E-state index in [1.54, 1.807) is 18.0 Å². The molecule has 5 aromatic rings. The molecule has 0 aliphatic rings. The molecule has 2 unspecified atom stereocenters. The van der Waals surface area contributed by atoms with Crippen molar-refractivity contribution in [1.29, 1.82) is 0 Å². The number of aromatic nitrogens is 4. The van der Waals surface area contributed by atoms with E-state index in [2.05, 4.69) is 11.1 Å². The summed E-state index contributed by atoms with van der Waals surface area (Å²) in [5, 5.41) is 16.6. The second-order valence-corrected chi connectivity index (χ2v) is 8.60. The number of hydrogen-bond donors (Lipinski definition) is 1. The Morgan fingerprint density at radius 1 is 0.972 bits per heavy atom. The number of rotatable bonds is 8. The second kappa shape index (κ2) is 12.1. The van der Waals surface area contributed by atoms with Gasteiger partial charge in [0.1, 0.15) is 24.3 Å². The molecule has 0 amide bonds. The maximum absolute atomic E-state index is 10.9. The third-order valence-corrected chi connectivity index (χ3v) is 6.20. The van der Waals surface area contributed by atoms with Gasteiger partial charge in [0.05, 0.1) is 12.8 Å². The summed E-state index contributed by atoms with van der Waals surface area (Å²) in [6.45, 7) is 2.30. The first-order valence-corrected chi connectivity index (χ1v) is 12.6. The number of methoxy groups -OCH3 is 1. The first kappa shape index (κ1) is 26.5. The number of nitrogens with zero attached hydrogens (tertiary/aromatic N) is 4. The number of ether oxygens (including phenoxy) is 1. The molecule has 0 saturated carbocycles. The molecule has 7 nitrogen and oxygen atoms in total. The summed E-state index contributed by atoms with van der Waals surface area (Å²) in [6.07, 6.45) is 2.69. The molecular formula is C27H25N4O3PY. The van der Waals surface area contributed by atoms with Crippen LogP contribution in [0.3, 0.4) is 0 Å². The van der Waals surface area contributed by atoms with Gasteiger partial charge in [0.2, 0.25) is 0 Å². The van der Waals surface area contributed by atoms with E-state index >= 15 is 0 Å². The van der Waals surface area contributed by atoms with Crippen molar-refractivity contribution < 1.29 is 47.1 Å². The molecule has 36 heavy (non-hydrogen) atoms. The minimum Gasteiger partial charge on any atom is -0.496 e. The van der Waals surface area contributed by atoms with Gasteiger partial charge in [-0.25, -0.2) is 9.67 Å². The summed E-state index contributed by atoms with van der Waals surface area (Å²) >= 11 is 0. The molecule has 2 atom stereocenters. The Hall–Kier alpha value is -2.54. The number of para-hydroxylation sites is 1. The van der Waals surface area contributed by atoms with Gasteiger partial charge in [0, 0.05) is 70.4 Å². The Morgan fingerprint density at radius 3 is 2.58 bits per heavy atom. The quantitative estimate of drug-likeness (QED) is 0.249. The van der Waals surface area contributed by atoms with Crippen LogP contribution >= 0.6 is 8.81 Å².